The average Bonchev–Trinajstić information content (AvgIpc) is 3.30. The summed E-state index contributed by atoms with van der Waals surface area (Å²) < 4.78 is 1.96. The molecule has 1 N–H and O–H groups in total. The van der Waals surface area contributed by atoms with E-state index in [0.29, 0.717) is 10.6 Å². The van der Waals surface area contributed by atoms with E-state index in [4.69, 9.17) is 0 Å². The van der Waals surface area contributed by atoms with E-state index >= 15 is 0 Å². The normalized spacial score (nSPS) is 10.8. The van der Waals surface area contributed by atoms with Gasteiger partial charge < -0.3 is 5.32 Å². The van der Waals surface area contributed by atoms with Crippen LogP contribution in [0.4, 0.5) is 10.7 Å². The molecule has 0 aliphatic heterocycles. The van der Waals surface area contributed by atoms with Crippen molar-refractivity contribution in [2.24, 2.45) is 0 Å². The summed E-state index contributed by atoms with van der Waals surface area (Å²) in [4.78, 5) is 27.1. The van der Waals surface area contributed by atoms with E-state index in [2.05, 4.69) is 10.3 Å². The lowest BCUT2D eigenvalue weighted by Crippen LogP contribution is -2.10. The van der Waals surface area contributed by atoms with Crippen molar-refractivity contribution in [3.05, 3.63) is 82.0 Å². The topological polar surface area (TPSA) is 90.1 Å². The largest absolute Gasteiger partial charge is 0.324 e. The first-order chi connectivity index (χ1) is 12.6. The SMILES string of the molecule is O=C(Nc1ccc(-n2cnc3ccccc32)cc1)c1ccc([N+](=O)[O-])s1. The van der Waals surface area contributed by atoms with Crippen molar-refractivity contribution < 1.29 is 9.72 Å². The van der Waals surface area contributed by atoms with E-state index in [1.807, 2.05) is 41.0 Å². The molecule has 26 heavy (non-hydrogen) atoms. The number of nitrogens with one attached hydrogen (secondary N) is 1. The molecular formula is C18H12N4O3S. The number of carbonyl (C=O) groups is 1. The Labute approximate surface area is 151 Å². The van der Waals surface area contributed by atoms with Crippen molar-refractivity contribution in [1.82, 2.24) is 9.55 Å². The molecular weight excluding hydrogens is 352 g/mol. The lowest BCUT2D eigenvalue weighted by Gasteiger charge is -2.07. The number of benzene rings is 2. The molecule has 2 aromatic carbocycles. The Morgan fingerprint density at radius 2 is 1.85 bits per heavy atom. The van der Waals surface area contributed by atoms with E-state index in [-0.39, 0.29) is 10.9 Å². The third kappa shape index (κ3) is 2.93. The summed E-state index contributed by atoms with van der Waals surface area (Å²) in [6, 6.07) is 17.9. The van der Waals surface area contributed by atoms with Gasteiger partial charge in [-0.05, 0) is 42.5 Å². The molecule has 2 heterocycles. The molecule has 0 unspecified atom stereocenters. The molecule has 0 atom stereocenters. The molecule has 0 saturated carbocycles. The molecule has 8 heteroatoms. The molecule has 128 valence electrons. The fourth-order valence-electron chi connectivity index (χ4n) is 2.61. The van der Waals surface area contributed by atoms with Gasteiger partial charge in [-0.25, -0.2) is 4.98 Å². The number of anilines is 1. The van der Waals surface area contributed by atoms with Gasteiger partial charge in [-0.1, -0.05) is 23.5 Å². The molecule has 2 aromatic heterocycles. The first-order valence-electron chi connectivity index (χ1n) is 7.70. The van der Waals surface area contributed by atoms with Gasteiger partial charge in [0, 0.05) is 17.4 Å². The molecule has 1 amide bonds. The van der Waals surface area contributed by atoms with Crippen LogP contribution >= 0.6 is 11.3 Å². The molecule has 4 rings (SSSR count). The van der Waals surface area contributed by atoms with E-state index in [0.717, 1.165) is 28.1 Å². The van der Waals surface area contributed by atoms with Crippen molar-refractivity contribution in [2.45, 2.75) is 0 Å². The fraction of sp³-hybridized carbons (Fsp3) is 0. The number of thiophene rings is 1. The van der Waals surface area contributed by atoms with Gasteiger partial charge in [0.05, 0.1) is 20.8 Å². The summed E-state index contributed by atoms with van der Waals surface area (Å²) in [5.74, 6) is -0.371. The highest BCUT2D eigenvalue weighted by Gasteiger charge is 2.15. The monoisotopic (exact) mass is 364 g/mol. The zero-order valence-electron chi connectivity index (χ0n) is 13.3. The highest BCUT2D eigenvalue weighted by atomic mass is 32.1. The second kappa shape index (κ2) is 6.41. The molecule has 0 aliphatic rings. The molecule has 0 fully saturated rings. The number of nitrogens with zero attached hydrogens (tertiary/aromatic N) is 3. The Morgan fingerprint density at radius 1 is 1.08 bits per heavy atom. The number of fused-ring (bicyclic) bond motifs is 1. The molecule has 0 bridgehead atoms. The summed E-state index contributed by atoms with van der Waals surface area (Å²) in [6.07, 6.45) is 1.75. The first-order valence-corrected chi connectivity index (χ1v) is 8.51. The van der Waals surface area contributed by atoms with Crippen LogP contribution in [0.1, 0.15) is 9.67 Å². The minimum Gasteiger partial charge on any atom is -0.321 e. The van der Waals surface area contributed by atoms with Gasteiger partial charge in [0.25, 0.3) is 5.91 Å². The third-order valence-electron chi connectivity index (χ3n) is 3.85. The molecule has 0 aliphatic carbocycles. The van der Waals surface area contributed by atoms with Crippen LogP contribution in [0.25, 0.3) is 16.7 Å². The molecule has 0 saturated heterocycles. The summed E-state index contributed by atoms with van der Waals surface area (Å²) in [5, 5.41) is 13.4. The quantitative estimate of drug-likeness (QED) is 0.433. The smallest absolute Gasteiger partial charge is 0.321 e. The van der Waals surface area contributed by atoms with Gasteiger partial charge in [0.2, 0.25) is 0 Å². The predicted molar refractivity (Wildman–Crippen MR) is 100.0 cm³/mol. The minimum absolute atomic E-state index is 0.0579. The number of nitro groups is 1. The Balaban J connectivity index is 1.54. The standard InChI is InChI=1S/C18H12N4O3S/c23-18(16-9-10-17(26-16)22(24)25)20-12-5-7-13(8-6-12)21-11-19-14-3-1-2-4-15(14)21/h1-11H,(H,20,23). The van der Waals surface area contributed by atoms with Gasteiger partial charge in [0.15, 0.2) is 0 Å². The number of imidazole rings is 1. The number of amides is 1. The van der Waals surface area contributed by atoms with Crippen molar-refractivity contribution in [1.29, 1.82) is 0 Å². The first kappa shape index (κ1) is 16.0. The van der Waals surface area contributed by atoms with Crippen LogP contribution in [0.5, 0.6) is 0 Å². The maximum Gasteiger partial charge on any atom is 0.324 e. The van der Waals surface area contributed by atoms with Gasteiger partial charge in [0.1, 0.15) is 6.33 Å². The predicted octanol–water partition coefficient (Wildman–Crippen LogP) is 4.25. The van der Waals surface area contributed by atoms with Crippen molar-refractivity contribution >= 4 is 39.0 Å². The van der Waals surface area contributed by atoms with E-state index < -0.39 is 4.92 Å². The fourth-order valence-corrected chi connectivity index (χ4v) is 3.33. The van der Waals surface area contributed by atoms with Crippen molar-refractivity contribution in [3.8, 4) is 5.69 Å². The van der Waals surface area contributed by atoms with Crippen molar-refractivity contribution in [3.63, 3.8) is 0 Å². The van der Waals surface area contributed by atoms with Gasteiger partial charge in [-0.2, -0.15) is 0 Å². The van der Waals surface area contributed by atoms with Crippen LogP contribution < -0.4 is 5.32 Å². The van der Waals surface area contributed by atoms with Crippen LogP contribution in [0.2, 0.25) is 0 Å². The van der Waals surface area contributed by atoms with Crippen molar-refractivity contribution in [2.75, 3.05) is 5.32 Å². The van der Waals surface area contributed by atoms with Crippen LogP contribution in [0.15, 0.2) is 67.0 Å². The van der Waals surface area contributed by atoms with E-state index in [9.17, 15) is 14.9 Å². The number of aromatic nitrogens is 2. The Hall–Kier alpha value is -3.52. The molecule has 7 nitrogen and oxygen atoms in total. The van der Waals surface area contributed by atoms with Crippen LogP contribution in [-0.4, -0.2) is 20.4 Å². The average molecular weight is 364 g/mol. The highest BCUT2D eigenvalue weighted by molar-refractivity contribution is 7.17. The lowest BCUT2D eigenvalue weighted by molar-refractivity contribution is -0.380. The second-order valence-corrected chi connectivity index (χ2v) is 6.56. The maximum absolute atomic E-state index is 12.2. The van der Waals surface area contributed by atoms with Crippen LogP contribution in [-0.2, 0) is 0 Å². The Kier molecular flexibility index (Phi) is 3.94. The molecule has 4 aromatic rings. The molecule has 0 radical (unpaired) electrons. The number of para-hydroxylation sites is 2. The number of hydrogen-bond acceptors (Lipinski definition) is 5. The minimum atomic E-state index is -0.508. The molecule has 0 spiro atoms. The summed E-state index contributed by atoms with van der Waals surface area (Å²) in [6.45, 7) is 0. The van der Waals surface area contributed by atoms with Gasteiger partial charge in [-0.15, -0.1) is 0 Å². The highest BCUT2D eigenvalue weighted by Crippen LogP contribution is 2.25. The maximum atomic E-state index is 12.2. The van der Waals surface area contributed by atoms with Gasteiger partial charge in [-0.3, -0.25) is 19.5 Å². The Morgan fingerprint density at radius 3 is 2.58 bits per heavy atom. The number of carbonyl (C=O) groups excluding carboxylic acids is 1. The summed E-state index contributed by atoms with van der Waals surface area (Å²) in [7, 11) is 0. The summed E-state index contributed by atoms with van der Waals surface area (Å²) in [5.41, 5.74) is 3.43. The van der Waals surface area contributed by atoms with Crippen LogP contribution in [0.3, 0.4) is 0 Å². The zero-order valence-corrected chi connectivity index (χ0v) is 14.1. The number of hydrogen-bond donors (Lipinski definition) is 1. The van der Waals surface area contributed by atoms with Crippen LogP contribution in [0, 0.1) is 10.1 Å². The number of rotatable bonds is 4. The Bertz CT molecular complexity index is 1110. The third-order valence-corrected chi connectivity index (χ3v) is 4.89. The van der Waals surface area contributed by atoms with Gasteiger partial charge >= 0.3 is 5.00 Å². The second-order valence-electron chi connectivity index (χ2n) is 5.50. The van der Waals surface area contributed by atoms with E-state index in [1.54, 1.807) is 18.5 Å². The lowest BCUT2D eigenvalue weighted by atomic mass is 10.2. The summed E-state index contributed by atoms with van der Waals surface area (Å²) >= 11 is 0.847. The zero-order chi connectivity index (χ0) is 18.1. The van der Waals surface area contributed by atoms with E-state index in [1.165, 1.54) is 12.1 Å².